The lowest BCUT2D eigenvalue weighted by atomic mass is 9.55. The summed E-state index contributed by atoms with van der Waals surface area (Å²) in [7, 11) is 0. The zero-order valence-electron chi connectivity index (χ0n) is 20.0. The monoisotopic (exact) mass is 438 g/mol. The van der Waals surface area contributed by atoms with Crippen LogP contribution in [-0.4, -0.2) is 60.9 Å². The number of aryl methyl sites for hydroxylation is 2. The van der Waals surface area contributed by atoms with Crippen LogP contribution >= 0.6 is 0 Å². The van der Waals surface area contributed by atoms with Crippen molar-refractivity contribution in [3.05, 3.63) is 41.0 Å². The predicted octanol–water partition coefficient (Wildman–Crippen LogP) is 3.71. The molecule has 0 spiro atoms. The molecule has 0 radical (unpaired) electrons. The number of carbonyl (C=O) groups excluding carboxylic acids is 1. The van der Waals surface area contributed by atoms with Crippen LogP contribution in [0.15, 0.2) is 29.8 Å². The number of ether oxygens (including phenoxy) is 1. The second kappa shape index (κ2) is 8.18. The van der Waals surface area contributed by atoms with Gasteiger partial charge in [-0.05, 0) is 55.9 Å². The molecule has 2 aliphatic carbocycles. The largest absolute Gasteiger partial charge is 0.461 e. The van der Waals surface area contributed by atoms with Crippen LogP contribution < -0.4 is 4.90 Å². The highest BCUT2D eigenvalue weighted by molar-refractivity contribution is 5.76. The topological polar surface area (TPSA) is 53.0 Å². The van der Waals surface area contributed by atoms with Gasteiger partial charge in [0, 0.05) is 56.2 Å². The summed E-state index contributed by atoms with van der Waals surface area (Å²) in [5, 5.41) is 11.6. The SMILES string of the molecule is Cc1ccc(N2CCN(CC3C(=O)O[C@@H]4CC5=CCCC(C)[C@@]5(C)C(O)[C@H]34)CC2)cc1C. The third kappa shape index (κ3) is 3.49. The molecule has 1 aromatic rings. The minimum atomic E-state index is -0.518. The van der Waals surface area contributed by atoms with Gasteiger partial charge in [0.1, 0.15) is 6.10 Å². The lowest BCUT2D eigenvalue weighted by molar-refractivity contribution is -0.145. The molecule has 2 aliphatic heterocycles. The average molecular weight is 439 g/mol. The zero-order chi connectivity index (χ0) is 22.6. The van der Waals surface area contributed by atoms with Crippen molar-refractivity contribution in [1.82, 2.24) is 4.90 Å². The number of anilines is 1. The molecule has 6 atom stereocenters. The van der Waals surface area contributed by atoms with Gasteiger partial charge in [-0.25, -0.2) is 0 Å². The third-order valence-corrected chi connectivity index (χ3v) is 9.25. The summed E-state index contributed by atoms with van der Waals surface area (Å²) in [6.07, 6.45) is 4.59. The molecule has 32 heavy (non-hydrogen) atoms. The van der Waals surface area contributed by atoms with Gasteiger partial charge in [0.2, 0.25) is 0 Å². The van der Waals surface area contributed by atoms with Crippen molar-refractivity contribution in [2.75, 3.05) is 37.6 Å². The van der Waals surface area contributed by atoms with E-state index in [1.54, 1.807) is 0 Å². The molecular formula is C27H38N2O3. The van der Waals surface area contributed by atoms with E-state index < -0.39 is 6.10 Å². The second-order valence-corrected chi connectivity index (χ2v) is 10.9. The van der Waals surface area contributed by atoms with Gasteiger partial charge in [-0.15, -0.1) is 0 Å². The zero-order valence-corrected chi connectivity index (χ0v) is 20.0. The van der Waals surface area contributed by atoms with Crippen molar-refractivity contribution in [1.29, 1.82) is 0 Å². The number of carbonyl (C=O) groups is 1. The fourth-order valence-corrected chi connectivity index (χ4v) is 6.66. The smallest absolute Gasteiger partial charge is 0.311 e. The van der Waals surface area contributed by atoms with Crippen molar-refractivity contribution in [3.8, 4) is 0 Å². The summed E-state index contributed by atoms with van der Waals surface area (Å²) in [5.74, 6) is 0.00102. The molecule has 0 amide bonds. The highest BCUT2D eigenvalue weighted by Gasteiger charge is 2.59. The Labute approximate surface area is 192 Å². The Morgan fingerprint density at radius 3 is 2.62 bits per heavy atom. The van der Waals surface area contributed by atoms with Crippen LogP contribution in [0.3, 0.4) is 0 Å². The Morgan fingerprint density at radius 1 is 1.16 bits per heavy atom. The molecule has 2 heterocycles. The molecule has 5 heteroatoms. The summed E-state index contributed by atoms with van der Waals surface area (Å²) < 4.78 is 5.86. The van der Waals surface area contributed by atoms with Gasteiger partial charge < -0.3 is 14.7 Å². The van der Waals surface area contributed by atoms with Crippen LogP contribution in [0, 0.1) is 37.0 Å². The van der Waals surface area contributed by atoms with Crippen molar-refractivity contribution in [2.45, 2.75) is 59.2 Å². The highest BCUT2D eigenvalue weighted by Crippen LogP contribution is 2.56. The van der Waals surface area contributed by atoms with Crippen LogP contribution in [0.2, 0.25) is 0 Å². The first-order chi connectivity index (χ1) is 15.3. The van der Waals surface area contributed by atoms with E-state index in [0.717, 1.165) is 45.4 Å². The highest BCUT2D eigenvalue weighted by atomic mass is 16.6. The summed E-state index contributed by atoms with van der Waals surface area (Å²) >= 11 is 0. The van der Waals surface area contributed by atoms with Crippen LogP contribution in [0.25, 0.3) is 0 Å². The number of hydrogen-bond donors (Lipinski definition) is 1. The molecule has 3 unspecified atom stereocenters. The molecule has 1 N–H and O–H groups in total. The lowest BCUT2D eigenvalue weighted by Crippen LogP contribution is -2.55. The number of aliphatic hydroxyl groups is 1. The molecule has 0 aromatic heterocycles. The maximum absolute atomic E-state index is 12.9. The van der Waals surface area contributed by atoms with Crippen LogP contribution in [0.5, 0.6) is 0 Å². The van der Waals surface area contributed by atoms with Crippen LogP contribution in [0.4, 0.5) is 5.69 Å². The molecule has 174 valence electrons. The number of hydrogen-bond acceptors (Lipinski definition) is 5. The van der Waals surface area contributed by atoms with Gasteiger partial charge in [-0.2, -0.15) is 0 Å². The number of aliphatic hydroxyl groups excluding tert-OH is 1. The number of esters is 1. The maximum atomic E-state index is 12.9. The van der Waals surface area contributed by atoms with Gasteiger partial charge in [0.25, 0.3) is 0 Å². The van der Waals surface area contributed by atoms with E-state index in [-0.39, 0.29) is 29.3 Å². The molecule has 1 aromatic carbocycles. The predicted molar refractivity (Wildman–Crippen MR) is 127 cm³/mol. The lowest BCUT2D eigenvalue weighted by Gasteiger charge is -2.52. The van der Waals surface area contributed by atoms with E-state index in [9.17, 15) is 9.90 Å². The molecule has 5 nitrogen and oxygen atoms in total. The normalized spacial score (nSPS) is 37.5. The summed E-state index contributed by atoms with van der Waals surface area (Å²) in [4.78, 5) is 17.8. The van der Waals surface area contributed by atoms with E-state index >= 15 is 0 Å². The van der Waals surface area contributed by atoms with Gasteiger partial charge >= 0.3 is 5.97 Å². The standard InChI is InChI=1S/C27H38N2O3/c1-17-8-9-21(14-18(17)2)29-12-10-28(11-13-29)16-22-24-23(32-26(22)31)15-20-7-5-6-19(3)27(20,4)25(24)30/h7-9,14,19,22-25,30H,5-6,10-13,15-16H2,1-4H3/t19?,22?,23-,24-,25?,27-/m1/s1. The molecule has 1 saturated carbocycles. The number of piperazine rings is 1. The first-order valence-corrected chi connectivity index (χ1v) is 12.4. The number of rotatable bonds is 3. The van der Waals surface area contributed by atoms with Gasteiger partial charge in [-0.3, -0.25) is 9.69 Å². The Morgan fingerprint density at radius 2 is 1.91 bits per heavy atom. The average Bonchev–Trinajstić information content (AvgIpc) is 3.08. The molecule has 5 rings (SSSR count). The van der Waals surface area contributed by atoms with Gasteiger partial charge in [-0.1, -0.05) is 31.6 Å². The molecular weight excluding hydrogens is 400 g/mol. The van der Waals surface area contributed by atoms with E-state index in [1.807, 2.05) is 0 Å². The maximum Gasteiger partial charge on any atom is 0.311 e. The Bertz CT molecular complexity index is 919. The molecule has 2 saturated heterocycles. The van der Waals surface area contributed by atoms with E-state index in [4.69, 9.17) is 4.74 Å². The van der Waals surface area contributed by atoms with E-state index in [1.165, 1.54) is 22.4 Å². The second-order valence-electron chi connectivity index (χ2n) is 10.9. The summed E-state index contributed by atoms with van der Waals surface area (Å²) in [5.41, 5.74) is 5.02. The van der Waals surface area contributed by atoms with Gasteiger partial charge in [0.15, 0.2) is 0 Å². The Kier molecular flexibility index (Phi) is 5.61. The Hall–Kier alpha value is -1.85. The van der Waals surface area contributed by atoms with Crippen molar-refractivity contribution in [2.24, 2.45) is 23.2 Å². The number of benzene rings is 1. The van der Waals surface area contributed by atoms with E-state index in [2.05, 4.69) is 61.8 Å². The van der Waals surface area contributed by atoms with Crippen LogP contribution in [0.1, 0.15) is 44.2 Å². The van der Waals surface area contributed by atoms with Crippen molar-refractivity contribution >= 4 is 11.7 Å². The molecule has 3 fully saturated rings. The fourth-order valence-electron chi connectivity index (χ4n) is 6.66. The first-order valence-electron chi connectivity index (χ1n) is 12.4. The summed E-state index contributed by atoms with van der Waals surface area (Å²) in [6, 6.07) is 6.69. The fraction of sp³-hybridized carbons (Fsp3) is 0.667. The molecule has 0 bridgehead atoms. The number of fused-ring (bicyclic) bond motifs is 2. The minimum Gasteiger partial charge on any atom is -0.461 e. The Balaban J connectivity index is 1.27. The van der Waals surface area contributed by atoms with Gasteiger partial charge in [0.05, 0.1) is 12.0 Å². The first kappa shape index (κ1) is 22.0. The molecule has 4 aliphatic rings. The van der Waals surface area contributed by atoms with Crippen molar-refractivity contribution < 1.29 is 14.6 Å². The number of nitrogens with zero attached hydrogens (tertiary/aromatic N) is 2. The van der Waals surface area contributed by atoms with Crippen LogP contribution in [-0.2, 0) is 9.53 Å². The minimum absolute atomic E-state index is 0.0945. The quantitative estimate of drug-likeness (QED) is 0.576. The van der Waals surface area contributed by atoms with Crippen molar-refractivity contribution in [3.63, 3.8) is 0 Å². The van der Waals surface area contributed by atoms with E-state index in [0.29, 0.717) is 12.5 Å². The number of allylic oxidation sites excluding steroid dienone is 1. The third-order valence-electron chi connectivity index (χ3n) is 9.25. The summed E-state index contributed by atoms with van der Waals surface area (Å²) in [6.45, 7) is 13.3.